The fourth-order valence-corrected chi connectivity index (χ4v) is 10.8. The number of unbranched alkanes of at least 4 members (excludes halogenated alkanes) is 52. The van der Waals surface area contributed by atoms with Gasteiger partial charge in [0.2, 0.25) is 0 Å². The quantitative estimate of drug-likeness (QED) is 0.0261. The number of allylic oxidation sites excluding steroid dienone is 2. The Hall–Kier alpha value is -1.85. The van der Waals surface area contributed by atoms with E-state index in [2.05, 4.69) is 32.9 Å². The van der Waals surface area contributed by atoms with Crippen LogP contribution in [0.25, 0.3) is 0 Å². The van der Waals surface area contributed by atoms with E-state index in [-0.39, 0.29) is 31.1 Å². The second-order valence-electron chi connectivity index (χ2n) is 23.8. The molecule has 0 heterocycles. The highest BCUT2D eigenvalue weighted by molar-refractivity contribution is 5.71. The number of ether oxygens (including phenoxy) is 3. The van der Waals surface area contributed by atoms with Crippen LogP contribution in [-0.4, -0.2) is 37.2 Å². The smallest absolute Gasteiger partial charge is 0.306 e. The zero-order valence-electron chi connectivity index (χ0n) is 51.8. The lowest BCUT2D eigenvalue weighted by Crippen LogP contribution is -2.30. The minimum Gasteiger partial charge on any atom is -0.462 e. The van der Waals surface area contributed by atoms with E-state index in [0.717, 1.165) is 64.2 Å². The van der Waals surface area contributed by atoms with Crippen molar-refractivity contribution in [2.75, 3.05) is 13.2 Å². The Kier molecular flexibility index (Phi) is 64.1. The minimum atomic E-state index is -0.770. The molecule has 0 saturated carbocycles. The van der Waals surface area contributed by atoms with E-state index in [0.29, 0.717) is 19.3 Å². The van der Waals surface area contributed by atoms with Gasteiger partial charge in [-0.15, -0.1) is 0 Å². The predicted octanol–water partition coefficient (Wildman–Crippen LogP) is 23.6. The molecule has 450 valence electrons. The highest BCUT2D eigenvalue weighted by Crippen LogP contribution is 2.19. The van der Waals surface area contributed by atoms with Crippen molar-refractivity contribution in [3.8, 4) is 0 Å². The van der Waals surface area contributed by atoms with E-state index in [1.54, 1.807) is 0 Å². The van der Waals surface area contributed by atoms with Crippen LogP contribution in [0.5, 0.6) is 0 Å². The van der Waals surface area contributed by atoms with Gasteiger partial charge in [-0.2, -0.15) is 0 Å². The lowest BCUT2D eigenvalue weighted by atomic mass is 10.0. The molecule has 0 fully saturated rings. The average molecular weight is 1070 g/mol. The fraction of sp³-hybridized carbons (Fsp3) is 0.929. The van der Waals surface area contributed by atoms with Crippen LogP contribution in [0.2, 0.25) is 0 Å². The Morgan fingerprint density at radius 1 is 0.250 bits per heavy atom. The summed E-state index contributed by atoms with van der Waals surface area (Å²) in [5.74, 6) is -0.841. The van der Waals surface area contributed by atoms with Crippen LogP contribution < -0.4 is 0 Å². The molecule has 0 aliphatic heterocycles. The van der Waals surface area contributed by atoms with Gasteiger partial charge >= 0.3 is 17.9 Å². The van der Waals surface area contributed by atoms with Crippen LogP contribution in [0.3, 0.4) is 0 Å². The second-order valence-corrected chi connectivity index (χ2v) is 23.8. The van der Waals surface area contributed by atoms with Gasteiger partial charge in [0.15, 0.2) is 6.10 Å². The van der Waals surface area contributed by atoms with Crippen LogP contribution in [0.1, 0.15) is 400 Å². The molecular weight excluding hydrogens is 937 g/mol. The summed E-state index contributed by atoms with van der Waals surface area (Å²) < 4.78 is 17.0. The molecule has 0 aliphatic carbocycles. The molecule has 0 N–H and O–H groups in total. The van der Waals surface area contributed by atoms with Gasteiger partial charge in [-0.1, -0.05) is 348 Å². The maximum Gasteiger partial charge on any atom is 0.306 e. The standard InChI is InChI=1S/C70H134O6/c1-4-7-10-13-16-19-22-25-28-31-32-33-34-35-36-37-38-39-40-43-45-48-51-54-57-60-63-69(72)75-66-67(76-70(73)64-61-58-55-52-49-46-42-30-27-24-21-18-15-12-9-6-3)65-74-68(71)62-59-56-53-50-47-44-41-29-26-23-20-17-14-11-8-5-2/h30,42,67H,4-29,31-41,43-66H2,1-3H3/b42-30-. The first kappa shape index (κ1) is 74.2. The molecule has 1 unspecified atom stereocenters. The molecule has 0 amide bonds. The van der Waals surface area contributed by atoms with Gasteiger partial charge in [0, 0.05) is 19.3 Å². The minimum absolute atomic E-state index is 0.0666. The molecular formula is C70H134O6. The van der Waals surface area contributed by atoms with Crippen molar-refractivity contribution in [3.05, 3.63) is 12.2 Å². The summed E-state index contributed by atoms with van der Waals surface area (Å²) in [6.45, 7) is 6.72. The van der Waals surface area contributed by atoms with Crippen molar-refractivity contribution >= 4 is 17.9 Å². The number of esters is 3. The first-order valence-corrected chi connectivity index (χ1v) is 34.7. The highest BCUT2D eigenvalue weighted by Gasteiger charge is 2.19. The van der Waals surface area contributed by atoms with E-state index in [9.17, 15) is 14.4 Å². The third kappa shape index (κ3) is 63.0. The molecule has 6 heteroatoms. The highest BCUT2D eigenvalue weighted by atomic mass is 16.6. The van der Waals surface area contributed by atoms with E-state index in [1.165, 1.54) is 295 Å². The summed E-state index contributed by atoms with van der Waals surface area (Å²) in [6, 6.07) is 0. The molecule has 0 aromatic heterocycles. The van der Waals surface area contributed by atoms with Gasteiger partial charge in [-0.3, -0.25) is 14.4 Å². The van der Waals surface area contributed by atoms with Crippen LogP contribution >= 0.6 is 0 Å². The Balaban J connectivity index is 4.21. The van der Waals surface area contributed by atoms with Gasteiger partial charge < -0.3 is 14.2 Å². The molecule has 6 nitrogen and oxygen atoms in total. The Morgan fingerprint density at radius 3 is 0.658 bits per heavy atom. The number of hydrogen-bond acceptors (Lipinski definition) is 6. The summed E-state index contributed by atoms with van der Waals surface area (Å²) in [5.41, 5.74) is 0. The van der Waals surface area contributed by atoms with Crippen molar-refractivity contribution < 1.29 is 28.6 Å². The summed E-state index contributed by atoms with van der Waals surface area (Å²) in [5, 5.41) is 0. The van der Waals surface area contributed by atoms with E-state index in [4.69, 9.17) is 14.2 Å². The number of carbonyl (C=O) groups is 3. The summed E-state index contributed by atoms with van der Waals surface area (Å²) >= 11 is 0. The van der Waals surface area contributed by atoms with Crippen LogP contribution in [0.15, 0.2) is 12.2 Å². The van der Waals surface area contributed by atoms with Gasteiger partial charge in [0.05, 0.1) is 0 Å². The molecule has 0 spiro atoms. The van der Waals surface area contributed by atoms with Crippen molar-refractivity contribution in [1.82, 2.24) is 0 Å². The van der Waals surface area contributed by atoms with Crippen molar-refractivity contribution in [3.63, 3.8) is 0 Å². The summed E-state index contributed by atoms with van der Waals surface area (Å²) in [7, 11) is 0. The Morgan fingerprint density at radius 2 is 0.434 bits per heavy atom. The van der Waals surface area contributed by atoms with Gasteiger partial charge in [0.25, 0.3) is 0 Å². The molecule has 0 rings (SSSR count). The van der Waals surface area contributed by atoms with Crippen LogP contribution in [0.4, 0.5) is 0 Å². The molecule has 0 bridgehead atoms. The molecule has 1 atom stereocenters. The first-order valence-electron chi connectivity index (χ1n) is 34.7. The molecule has 0 aromatic rings. The van der Waals surface area contributed by atoms with E-state index < -0.39 is 6.10 Å². The molecule has 0 aromatic carbocycles. The summed E-state index contributed by atoms with van der Waals surface area (Å²) in [4.78, 5) is 38.4. The number of hydrogen-bond donors (Lipinski definition) is 0. The SMILES string of the molecule is CCCCCCCCC/C=C\CCCCCCCC(=O)OC(COC(=O)CCCCCCCCCCCCCCCCCC)COC(=O)CCCCCCCCCCCCCCCCCCCCCCCCCCCC. The van der Waals surface area contributed by atoms with Crippen molar-refractivity contribution in [1.29, 1.82) is 0 Å². The van der Waals surface area contributed by atoms with Crippen LogP contribution in [0, 0.1) is 0 Å². The van der Waals surface area contributed by atoms with Crippen molar-refractivity contribution in [2.24, 2.45) is 0 Å². The molecule has 0 radical (unpaired) electrons. The Labute approximate surface area is 475 Å². The topological polar surface area (TPSA) is 78.9 Å². The van der Waals surface area contributed by atoms with Gasteiger partial charge in [0.1, 0.15) is 13.2 Å². The average Bonchev–Trinajstić information content (AvgIpc) is 3.42. The monoisotopic (exact) mass is 1070 g/mol. The molecule has 0 saturated heterocycles. The first-order chi connectivity index (χ1) is 37.5. The third-order valence-electron chi connectivity index (χ3n) is 16.0. The lowest BCUT2D eigenvalue weighted by Gasteiger charge is -2.18. The second kappa shape index (κ2) is 65.7. The fourth-order valence-electron chi connectivity index (χ4n) is 10.8. The maximum absolute atomic E-state index is 12.9. The van der Waals surface area contributed by atoms with Gasteiger partial charge in [-0.05, 0) is 44.9 Å². The van der Waals surface area contributed by atoms with Crippen molar-refractivity contribution in [2.45, 2.75) is 406 Å². The van der Waals surface area contributed by atoms with E-state index in [1.807, 2.05) is 0 Å². The summed E-state index contributed by atoms with van der Waals surface area (Å²) in [6.07, 6.45) is 78.1. The van der Waals surface area contributed by atoms with Gasteiger partial charge in [-0.25, -0.2) is 0 Å². The predicted molar refractivity (Wildman–Crippen MR) is 330 cm³/mol. The molecule has 0 aliphatic rings. The lowest BCUT2D eigenvalue weighted by molar-refractivity contribution is -0.167. The number of rotatable bonds is 65. The molecule has 76 heavy (non-hydrogen) atoms. The van der Waals surface area contributed by atoms with E-state index >= 15 is 0 Å². The zero-order valence-corrected chi connectivity index (χ0v) is 51.8. The largest absolute Gasteiger partial charge is 0.462 e. The third-order valence-corrected chi connectivity index (χ3v) is 16.0. The maximum atomic E-state index is 12.9. The zero-order chi connectivity index (χ0) is 55.0. The normalized spacial score (nSPS) is 12.0. The number of carbonyl (C=O) groups excluding carboxylic acids is 3. The Bertz CT molecular complexity index is 1180. The van der Waals surface area contributed by atoms with Crippen LogP contribution in [-0.2, 0) is 28.6 Å².